The van der Waals surface area contributed by atoms with Crippen molar-refractivity contribution in [3.8, 4) is 6.07 Å². The van der Waals surface area contributed by atoms with Gasteiger partial charge in [-0.15, -0.1) is 0 Å². The van der Waals surface area contributed by atoms with E-state index in [1.807, 2.05) is 58.0 Å². The lowest BCUT2D eigenvalue weighted by Crippen LogP contribution is -2.41. The zero-order valence-corrected chi connectivity index (χ0v) is 18.4. The van der Waals surface area contributed by atoms with Gasteiger partial charge in [0.1, 0.15) is 5.73 Å². The van der Waals surface area contributed by atoms with Gasteiger partial charge < -0.3 is 14.2 Å². The highest BCUT2D eigenvalue weighted by molar-refractivity contribution is 7.99. The summed E-state index contributed by atoms with van der Waals surface area (Å²) in [6.07, 6.45) is 1.90. The topological polar surface area (TPSA) is 45.5 Å². The Hall–Kier alpha value is -2.27. The van der Waals surface area contributed by atoms with E-state index in [0.717, 1.165) is 26.7 Å². The third-order valence-corrected chi connectivity index (χ3v) is 6.99. The molecule has 0 bridgehead atoms. The fraction of sp³-hybridized carbons (Fsp3) is 0.348. The average Bonchev–Trinajstić information content (AvgIpc) is 2.92. The van der Waals surface area contributed by atoms with Crippen LogP contribution in [0.3, 0.4) is 0 Å². The molecule has 0 N–H and O–H groups in total. The van der Waals surface area contributed by atoms with E-state index in [1.165, 1.54) is 6.08 Å². The third-order valence-electron chi connectivity index (χ3n) is 5.88. The van der Waals surface area contributed by atoms with Crippen LogP contribution in [0.25, 0.3) is 6.08 Å². The van der Waals surface area contributed by atoms with Crippen molar-refractivity contribution >= 4 is 36.3 Å². The van der Waals surface area contributed by atoms with Crippen LogP contribution in [0, 0.1) is 11.3 Å². The lowest BCUT2D eigenvalue weighted by Gasteiger charge is -2.32. The largest absolute Gasteiger partial charge is 0.525 e. The maximum atomic E-state index is 15.0. The van der Waals surface area contributed by atoms with Gasteiger partial charge in [0.15, 0.2) is 0 Å². The Labute approximate surface area is 181 Å². The van der Waals surface area contributed by atoms with Crippen LogP contribution in [0.4, 0.5) is 15.8 Å². The minimum atomic E-state index is -1.01. The van der Waals surface area contributed by atoms with Crippen LogP contribution in [0.5, 0.6) is 0 Å². The fourth-order valence-corrected chi connectivity index (χ4v) is 4.67. The van der Waals surface area contributed by atoms with Gasteiger partial charge in [-0.2, -0.15) is 5.26 Å². The molecular formula is C23H24BFN2O2S. The Bertz CT molecular complexity index is 1030. The normalized spacial score (nSPS) is 19.3. The summed E-state index contributed by atoms with van der Waals surface area (Å²) in [5, 5.41) is 9.06. The van der Waals surface area contributed by atoms with Crippen molar-refractivity contribution in [1.29, 1.82) is 5.26 Å². The summed E-state index contributed by atoms with van der Waals surface area (Å²) < 4.78 is 26.6. The van der Waals surface area contributed by atoms with Crippen molar-refractivity contribution in [2.75, 3.05) is 11.4 Å². The van der Waals surface area contributed by atoms with Crippen molar-refractivity contribution in [2.45, 2.75) is 55.1 Å². The molecule has 30 heavy (non-hydrogen) atoms. The molecule has 2 aliphatic heterocycles. The molecule has 0 saturated carbocycles. The molecule has 2 aromatic carbocycles. The quantitative estimate of drug-likeness (QED) is 0.554. The van der Waals surface area contributed by atoms with E-state index in [-0.39, 0.29) is 0 Å². The smallest absolute Gasteiger partial charge is 0.398 e. The van der Waals surface area contributed by atoms with E-state index in [9.17, 15) is 4.39 Å². The van der Waals surface area contributed by atoms with Gasteiger partial charge in [0.25, 0.3) is 0 Å². The van der Waals surface area contributed by atoms with Crippen molar-refractivity contribution in [3.05, 3.63) is 53.8 Å². The predicted molar refractivity (Wildman–Crippen MR) is 119 cm³/mol. The van der Waals surface area contributed by atoms with E-state index >= 15 is 0 Å². The first-order valence-electron chi connectivity index (χ1n) is 10.00. The second-order valence-corrected chi connectivity index (χ2v) is 9.56. The number of hydrogen-bond acceptors (Lipinski definition) is 5. The summed E-state index contributed by atoms with van der Waals surface area (Å²) in [5.74, 6) is 0. The molecule has 2 heterocycles. The van der Waals surface area contributed by atoms with Gasteiger partial charge in [-0.1, -0.05) is 30.0 Å². The number of nitrogens with zero attached hydrogens (tertiary/aromatic N) is 2. The number of benzene rings is 2. The van der Waals surface area contributed by atoms with E-state index in [0.29, 0.717) is 13.0 Å². The summed E-state index contributed by atoms with van der Waals surface area (Å²) in [6, 6.07) is 16.2. The summed E-state index contributed by atoms with van der Waals surface area (Å²) >= 11 is 1.65. The Kier molecular flexibility index (Phi) is 5.44. The number of anilines is 2. The summed E-state index contributed by atoms with van der Waals surface area (Å²) in [6.45, 7) is 8.23. The number of halogens is 1. The van der Waals surface area contributed by atoms with E-state index in [1.54, 1.807) is 11.8 Å². The van der Waals surface area contributed by atoms with Crippen LogP contribution >= 0.6 is 11.8 Å². The first-order chi connectivity index (χ1) is 14.2. The summed E-state index contributed by atoms with van der Waals surface area (Å²) in [4.78, 5) is 4.31. The maximum Gasteiger partial charge on any atom is 0.525 e. The molecule has 2 aromatic rings. The molecule has 4 rings (SSSR count). The van der Waals surface area contributed by atoms with Crippen molar-refractivity contribution < 1.29 is 13.7 Å². The molecule has 0 amide bonds. The lowest BCUT2D eigenvalue weighted by atomic mass is 9.87. The SMILES string of the molecule is CC1(C)OB(C(F)=Cc2ccc3c(c2)Sc2ccccc2N3CCC#N)OC1(C)C. The van der Waals surface area contributed by atoms with Gasteiger partial charge in [-0.3, -0.25) is 0 Å². The van der Waals surface area contributed by atoms with Crippen molar-refractivity contribution in [2.24, 2.45) is 0 Å². The molecule has 0 spiro atoms. The van der Waals surface area contributed by atoms with Gasteiger partial charge in [0.05, 0.1) is 35.1 Å². The molecule has 1 saturated heterocycles. The Balaban J connectivity index is 1.63. The van der Waals surface area contributed by atoms with Crippen LogP contribution in [0.1, 0.15) is 39.7 Å². The van der Waals surface area contributed by atoms with Crippen molar-refractivity contribution in [3.63, 3.8) is 0 Å². The van der Waals surface area contributed by atoms with Crippen LogP contribution in [-0.4, -0.2) is 24.9 Å². The van der Waals surface area contributed by atoms with Crippen LogP contribution < -0.4 is 4.90 Å². The fourth-order valence-electron chi connectivity index (χ4n) is 3.53. The molecule has 2 aliphatic rings. The van der Waals surface area contributed by atoms with E-state index in [4.69, 9.17) is 14.6 Å². The van der Waals surface area contributed by atoms with Gasteiger partial charge >= 0.3 is 7.12 Å². The molecule has 1 fully saturated rings. The number of para-hydroxylation sites is 1. The van der Waals surface area contributed by atoms with Gasteiger partial charge in [0, 0.05) is 16.3 Å². The van der Waals surface area contributed by atoms with Gasteiger partial charge in [-0.05, 0) is 63.6 Å². The van der Waals surface area contributed by atoms with Gasteiger partial charge in [0.2, 0.25) is 0 Å². The minimum Gasteiger partial charge on any atom is -0.398 e. The molecule has 0 atom stereocenters. The van der Waals surface area contributed by atoms with Gasteiger partial charge in [-0.25, -0.2) is 4.39 Å². The van der Waals surface area contributed by atoms with Crippen molar-refractivity contribution in [1.82, 2.24) is 0 Å². The summed E-state index contributed by atoms with van der Waals surface area (Å²) in [7, 11) is -1.01. The predicted octanol–water partition coefficient (Wildman–Crippen LogP) is 6.14. The Morgan fingerprint density at radius 1 is 1.10 bits per heavy atom. The Morgan fingerprint density at radius 3 is 2.47 bits per heavy atom. The third kappa shape index (κ3) is 3.76. The van der Waals surface area contributed by atoms with E-state index in [2.05, 4.69) is 23.1 Å². The molecule has 7 heteroatoms. The first kappa shape index (κ1) is 21.0. The highest BCUT2D eigenvalue weighted by Gasteiger charge is 2.53. The molecule has 0 radical (unpaired) electrons. The molecule has 154 valence electrons. The lowest BCUT2D eigenvalue weighted by molar-refractivity contribution is 0.00578. The zero-order valence-electron chi connectivity index (χ0n) is 17.6. The number of nitriles is 1. The number of hydrogen-bond donors (Lipinski definition) is 0. The number of rotatable bonds is 4. The first-order valence-corrected chi connectivity index (χ1v) is 10.8. The Morgan fingerprint density at radius 2 is 1.77 bits per heavy atom. The molecule has 4 nitrogen and oxygen atoms in total. The van der Waals surface area contributed by atoms with Crippen LogP contribution in [0.15, 0.2) is 58.0 Å². The molecule has 0 aromatic heterocycles. The second-order valence-electron chi connectivity index (χ2n) is 8.47. The monoisotopic (exact) mass is 422 g/mol. The van der Waals surface area contributed by atoms with Crippen LogP contribution in [0.2, 0.25) is 0 Å². The van der Waals surface area contributed by atoms with Crippen LogP contribution in [-0.2, 0) is 9.31 Å². The van der Waals surface area contributed by atoms with E-state index < -0.39 is 24.0 Å². The molecular weight excluding hydrogens is 398 g/mol. The second kappa shape index (κ2) is 7.77. The molecule has 0 aliphatic carbocycles. The maximum absolute atomic E-state index is 15.0. The minimum absolute atomic E-state index is 0.427. The summed E-state index contributed by atoms with van der Waals surface area (Å²) in [5.41, 5.74) is 1.25. The highest BCUT2D eigenvalue weighted by Crippen LogP contribution is 2.48. The number of fused-ring (bicyclic) bond motifs is 2. The standard InChI is InChI=1S/C23H24BFN2O2S/c1-22(2)23(3,4)29-24(28-22)21(25)15-16-10-11-18-20(14-16)30-19-9-6-5-8-17(19)27(18)13-7-12-26/h5-6,8-11,14-15H,7,13H2,1-4H3. The zero-order chi connectivity index (χ0) is 21.5. The molecule has 0 unspecified atom stereocenters. The highest BCUT2D eigenvalue weighted by atomic mass is 32.2. The average molecular weight is 422 g/mol.